The van der Waals surface area contributed by atoms with Gasteiger partial charge in [0.1, 0.15) is 9.34 Å². The zero-order valence-electron chi connectivity index (χ0n) is 9.89. The highest BCUT2D eigenvalue weighted by molar-refractivity contribution is 7.19. The monoisotopic (exact) mass is 251 g/mol. The Morgan fingerprint density at radius 2 is 1.75 bits per heavy atom. The summed E-state index contributed by atoms with van der Waals surface area (Å²) in [4.78, 5) is 4.50. The van der Waals surface area contributed by atoms with Crippen molar-refractivity contribution < 1.29 is 0 Å². The maximum Gasteiger partial charge on any atom is 0.125 e. The predicted octanol–water partition coefficient (Wildman–Crippen LogP) is 4.70. The molecule has 84 valence electrons. The number of halogens is 1. The van der Waals surface area contributed by atoms with E-state index >= 15 is 0 Å². The average molecular weight is 252 g/mol. The summed E-state index contributed by atoms with van der Waals surface area (Å²) in [5.41, 5.74) is 6.06. The highest BCUT2D eigenvalue weighted by Crippen LogP contribution is 2.34. The fourth-order valence-corrected chi connectivity index (χ4v) is 2.82. The molecular weight excluding hydrogens is 238 g/mol. The van der Waals surface area contributed by atoms with Gasteiger partial charge >= 0.3 is 0 Å². The van der Waals surface area contributed by atoms with Gasteiger partial charge in [0.15, 0.2) is 0 Å². The van der Waals surface area contributed by atoms with Crippen LogP contribution in [0.3, 0.4) is 0 Å². The lowest BCUT2D eigenvalue weighted by molar-refractivity contribution is 1.23. The van der Waals surface area contributed by atoms with Gasteiger partial charge in [0.2, 0.25) is 0 Å². The average Bonchev–Trinajstić information content (AvgIpc) is 2.56. The Bertz CT molecular complexity index is 524. The van der Waals surface area contributed by atoms with Crippen LogP contribution < -0.4 is 0 Å². The third-order valence-electron chi connectivity index (χ3n) is 3.03. The van der Waals surface area contributed by atoms with Gasteiger partial charge in [0, 0.05) is 5.56 Å². The Balaban J connectivity index is 2.61. The first-order valence-corrected chi connectivity index (χ1v) is 6.40. The van der Waals surface area contributed by atoms with Crippen LogP contribution in [0.1, 0.15) is 22.4 Å². The van der Waals surface area contributed by atoms with E-state index in [-0.39, 0.29) is 0 Å². The van der Waals surface area contributed by atoms with Gasteiger partial charge in [-0.3, -0.25) is 0 Å². The van der Waals surface area contributed by atoms with Crippen molar-refractivity contribution in [3.05, 3.63) is 38.9 Å². The van der Waals surface area contributed by atoms with E-state index in [0.29, 0.717) is 0 Å². The molecule has 0 amide bonds. The van der Waals surface area contributed by atoms with Crippen LogP contribution in [0.2, 0.25) is 4.34 Å². The highest BCUT2D eigenvalue weighted by Gasteiger charge is 2.11. The molecule has 0 atom stereocenters. The van der Waals surface area contributed by atoms with Crippen molar-refractivity contribution in [2.75, 3.05) is 0 Å². The van der Waals surface area contributed by atoms with E-state index in [2.05, 4.69) is 37.9 Å². The Hall–Kier alpha value is -0.860. The lowest BCUT2D eigenvalue weighted by Gasteiger charge is -2.08. The topological polar surface area (TPSA) is 12.9 Å². The fraction of sp³-hybridized carbons (Fsp3) is 0.308. The molecule has 1 aromatic heterocycles. The zero-order chi connectivity index (χ0) is 11.9. The standard InChI is InChI=1S/C13H14ClNS/c1-7-5-6-11(9(3)8(7)2)13-15-10(4)12(14)16-13/h5-6H,1-4H3. The van der Waals surface area contributed by atoms with Crippen LogP contribution in [-0.2, 0) is 0 Å². The fourth-order valence-electron chi connectivity index (χ4n) is 1.68. The zero-order valence-corrected chi connectivity index (χ0v) is 11.5. The Morgan fingerprint density at radius 3 is 2.31 bits per heavy atom. The third-order valence-corrected chi connectivity index (χ3v) is 4.51. The summed E-state index contributed by atoms with van der Waals surface area (Å²) in [7, 11) is 0. The summed E-state index contributed by atoms with van der Waals surface area (Å²) >= 11 is 7.61. The first-order chi connectivity index (χ1) is 7.50. The quantitative estimate of drug-likeness (QED) is 0.716. The molecule has 0 saturated carbocycles. The molecule has 2 aromatic rings. The summed E-state index contributed by atoms with van der Waals surface area (Å²) in [6.45, 7) is 8.36. The highest BCUT2D eigenvalue weighted by atomic mass is 35.5. The lowest BCUT2D eigenvalue weighted by Crippen LogP contribution is -1.90. The smallest absolute Gasteiger partial charge is 0.125 e. The van der Waals surface area contributed by atoms with Crippen molar-refractivity contribution in [3.63, 3.8) is 0 Å². The van der Waals surface area contributed by atoms with Gasteiger partial charge in [-0.25, -0.2) is 4.98 Å². The second-order valence-corrected chi connectivity index (χ2v) is 5.66. The summed E-state index contributed by atoms with van der Waals surface area (Å²) in [6, 6.07) is 4.27. The minimum atomic E-state index is 0.785. The molecule has 2 rings (SSSR count). The third kappa shape index (κ3) is 1.87. The number of hydrogen-bond acceptors (Lipinski definition) is 2. The maximum atomic E-state index is 6.06. The van der Waals surface area contributed by atoms with E-state index in [4.69, 9.17) is 11.6 Å². The molecule has 1 aromatic carbocycles. The number of benzene rings is 1. The van der Waals surface area contributed by atoms with Crippen LogP contribution in [0, 0.1) is 27.7 Å². The lowest BCUT2D eigenvalue weighted by atomic mass is 9.99. The van der Waals surface area contributed by atoms with Crippen LogP contribution in [0.5, 0.6) is 0 Å². The molecule has 1 heterocycles. The minimum Gasteiger partial charge on any atom is -0.240 e. The maximum absolute atomic E-state index is 6.06. The predicted molar refractivity (Wildman–Crippen MR) is 71.5 cm³/mol. The number of aromatic nitrogens is 1. The van der Waals surface area contributed by atoms with Gasteiger partial charge in [-0.15, -0.1) is 11.3 Å². The van der Waals surface area contributed by atoms with E-state index in [0.717, 1.165) is 15.0 Å². The second-order valence-electron chi connectivity index (χ2n) is 4.06. The number of hydrogen-bond donors (Lipinski definition) is 0. The van der Waals surface area contributed by atoms with Crippen LogP contribution in [0.4, 0.5) is 0 Å². The van der Waals surface area contributed by atoms with E-state index < -0.39 is 0 Å². The van der Waals surface area contributed by atoms with Crippen molar-refractivity contribution in [2.45, 2.75) is 27.7 Å². The first kappa shape index (κ1) is 11.6. The van der Waals surface area contributed by atoms with E-state index in [1.54, 1.807) is 11.3 Å². The van der Waals surface area contributed by atoms with Gasteiger partial charge in [0.25, 0.3) is 0 Å². The molecule has 0 aliphatic rings. The molecule has 0 saturated heterocycles. The summed E-state index contributed by atoms with van der Waals surface area (Å²) in [6.07, 6.45) is 0. The number of thiazole rings is 1. The van der Waals surface area contributed by atoms with Crippen molar-refractivity contribution in [3.8, 4) is 10.6 Å². The summed E-state index contributed by atoms with van der Waals surface area (Å²) in [5.74, 6) is 0. The number of aryl methyl sites for hydroxylation is 2. The Kier molecular flexibility index (Phi) is 3.04. The van der Waals surface area contributed by atoms with Crippen LogP contribution >= 0.6 is 22.9 Å². The van der Waals surface area contributed by atoms with Crippen molar-refractivity contribution >= 4 is 22.9 Å². The van der Waals surface area contributed by atoms with Gasteiger partial charge in [-0.1, -0.05) is 23.7 Å². The van der Waals surface area contributed by atoms with E-state index in [1.165, 1.54) is 22.3 Å². The SMILES string of the molecule is Cc1ccc(-c2nc(C)c(Cl)s2)c(C)c1C. The van der Waals surface area contributed by atoms with Crippen LogP contribution in [-0.4, -0.2) is 4.98 Å². The molecule has 1 nitrogen and oxygen atoms in total. The molecule has 0 fully saturated rings. The normalized spacial score (nSPS) is 10.8. The molecule has 0 radical (unpaired) electrons. The van der Waals surface area contributed by atoms with Gasteiger partial charge in [-0.05, 0) is 44.4 Å². The Morgan fingerprint density at radius 1 is 1.06 bits per heavy atom. The molecule has 3 heteroatoms. The van der Waals surface area contributed by atoms with Gasteiger partial charge in [0.05, 0.1) is 5.69 Å². The molecule has 0 bridgehead atoms. The van der Waals surface area contributed by atoms with Gasteiger partial charge < -0.3 is 0 Å². The van der Waals surface area contributed by atoms with Crippen molar-refractivity contribution in [2.24, 2.45) is 0 Å². The van der Waals surface area contributed by atoms with Crippen molar-refractivity contribution in [1.29, 1.82) is 0 Å². The number of rotatable bonds is 1. The second kappa shape index (κ2) is 4.19. The first-order valence-electron chi connectivity index (χ1n) is 5.21. The molecule has 0 aliphatic carbocycles. The van der Waals surface area contributed by atoms with Gasteiger partial charge in [-0.2, -0.15) is 0 Å². The molecular formula is C13H14ClNS. The van der Waals surface area contributed by atoms with Crippen molar-refractivity contribution in [1.82, 2.24) is 4.98 Å². The largest absolute Gasteiger partial charge is 0.240 e. The van der Waals surface area contributed by atoms with E-state index in [9.17, 15) is 0 Å². The van der Waals surface area contributed by atoms with Crippen LogP contribution in [0.25, 0.3) is 10.6 Å². The van der Waals surface area contributed by atoms with E-state index in [1.807, 2.05) is 6.92 Å². The molecule has 0 unspecified atom stereocenters. The number of nitrogens with zero attached hydrogens (tertiary/aromatic N) is 1. The summed E-state index contributed by atoms with van der Waals surface area (Å²) < 4.78 is 0.785. The molecule has 0 spiro atoms. The summed E-state index contributed by atoms with van der Waals surface area (Å²) in [5, 5.41) is 1.02. The Labute approximate surface area is 105 Å². The molecule has 0 N–H and O–H groups in total. The van der Waals surface area contributed by atoms with Crippen LogP contribution in [0.15, 0.2) is 12.1 Å². The molecule has 16 heavy (non-hydrogen) atoms. The molecule has 0 aliphatic heterocycles. The minimum absolute atomic E-state index is 0.785.